The second-order valence-corrected chi connectivity index (χ2v) is 5.56. The van der Waals surface area contributed by atoms with Gasteiger partial charge in [-0.1, -0.05) is 6.07 Å². The van der Waals surface area contributed by atoms with E-state index in [0.29, 0.717) is 5.39 Å². The van der Waals surface area contributed by atoms with E-state index in [2.05, 4.69) is 4.74 Å². The average molecular weight is 383 g/mol. The molecule has 10 heteroatoms. The number of ether oxygens (including phenoxy) is 2. The quantitative estimate of drug-likeness (QED) is 0.487. The van der Waals surface area contributed by atoms with Crippen LogP contribution in [0.4, 0.5) is 18.9 Å². The molecule has 0 spiro atoms. The molecule has 3 aromatic rings. The van der Waals surface area contributed by atoms with Crippen LogP contribution in [0.15, 0.2) is 46.9 Å². The minimum absolute atomic E-state index is 0.0848. The molecule has 0 aliphatic carbocycles. The maximum absolute atomic E-state index is 12.3. The molecular formula is C17H12F3NO6. The summed E-state index contributed by atoms with van der Waals surface area (Å²) in [5, 5.41) is 21.3. The Kier molecular flexibility index (Phi) is 4.66. The molecular weight excluding hydrogens is 371 g/mol. The number of aliphatic hydroxyl groups is 1. The molecule has 0 aliphatic heterocycles. The number of fused-ring (bicyclic) bond motifs is 1. The van der Waals surface area contributed by atoms with E-state index in [1.54, 1.807) is 0 Å². The third kappa shape index (κ3) is 4.29. The molecule has 1 atom stereocenters. The molecule has 0 aliphatic rings. The maximum Gasteiger partial charge on any atom is 0.573 e. The summed E-state index contributed by atoms with van der Waals surface area (Å²) in [4.78, 5) is 10.6. The summed E-state index contributed by atoms with van der Waals surface area (Å²) in [6, 6.07) is 8.52. The normalized spacial score (nSPS) is 12.8. The summed E-state index contributed by atoms with van der Waals surface area (Å²) in [5.74, 6) is -0.603. The van der Waals surface area contributed by atoms with Crippen LogP contribution in [0.1, 0.15) is 18.8 Å². The topological polar surface area (TPSA) is 95.0 Å². The molecule has 0 fully saturated rings. The molecule has 1 unspecified atom stereocenters. The first-order valence-electron chi connectivity index (χ1n) is 7.56. The van der Waals surface area contributed by atoms with Gasteiger partial charge in [-0.15, -0.1) is 13.2 Å². The van der Waals surface area contributed by atoms with Gasteiger partial charge in [0.25, 0.3) is 0 Å². The zero-order chi connectivity index (χ0) is 19.8. The number of hydrogen-bond donors (Lipinski definition) is 1. The molecule has 7 nitrogen and oxygen atoms in total. The van der Waals surface area contributed by atoms with Gasteiger partial charge in [-0.2, -0.15) is 0 Å². The van der Waals surface area contributed by atoms with Crippen molar-refractivity contribution in [2.24, 2.45) is 0 Å². The first-order valence-corrected chi connectivity index (χ1v) is 7.56. The summed E-state index contributed by atoms with van der Waals surface area (Å²) >= 11 is 0. The van der Waals surface area contributed by atoms with Crippen LogP contribution in [0.5, 0.6) is 17.2 Å². The van der Waals surface area contributed by atoms with E-state index >= 15 is 0 Å². The summed E-state index contributed by atoms with van der Waals surface area (Å²) in [7, 11) is 0. The lowest BCUT2D eigenvalue weighted by molar-refractivity contribution is -0.385. The van der Waals surface area contributed by atoms with Crippen LogP contribution in [0.3, 0.4) is 0 Å². The van der Waals surface area contributed by atoms with Crippen molar-refractivity contribution in [2.45, 2.75) is 19.4 Å². The Hall–Kier alpha value is -3.27. The van der Waals surface area contributed by atoms with Crippen molar-refractivity contribution >= 4 is 16.7 Å². The number of nitro groups is 1. The van der Waals surface area contributed by atoms with Crippen LogP contribution in [0.25, 0.3) is 11.0 Å². The van der Waals surface area contributed by atoms with Crippen molar-refractivity contribution < 1.29 is 37.1 Å². The van der Waals surface area contributed by atoms with E-state index in [1.807, 2.05) is 0 Å². The number of nitrogens with zero attached hydrogens (tertiary/aromatic N) is 1. The standard InChI is InChI=1S/C17H12F3NO6/c1-9(22)14-5-10-6-16(13(21(23)24)8-15(10)26-14)25-11-3-2-4-12(7-11)27-17(18,19)20/h2-9,22H,1H3. The fourth-order valence-electron chi connectivity index (χ4n) is 2.37. The van der Waals surface area contributed by atoms with E-state index in [1.165, 1.54) is 31.2 Å². The summed E-state index contributed by atoms with van der Waals surface area (Å²) in [6.07, 6.45) is -5.80. The number of alkyl halides is 3. The van der Waals surface area contributed by atoms with Gasteiger partial charge in [0, 0.05) is 11.5 Å². The van der Waals surface area contributed by atoms with Crippen LogP contribution >= 0.6 is 0 Å². The number of nitro benzene ring substituents is 1. The van der Waals surface area contributed by atoms with Crippen LogP contribution < -0.4 is 9.47 Å². The third-order valence-corrected chi connectivity index (χ3v) is 3.49. The van der Waals surface area contributed by atoms with Gasteiger partial charge in [-0.05, 0) is 31.2 Å². The molecule has 142 valence electrons. The Morgan fingerprint density at radius 1 is 1.19 bits per heavy atom. The van der Waals surface area contributed by atoms with Gasteiger partial charge in [-0.3, -0.25) is 10.1 Å². The van der Waals surface area contributed by atoms with Crippen molar-refractivity contribution in [3.8, 4) is 17.2 Å². The minimum atomic E-state index is -4.88. The van der Waals surface area contributed by atoms with Gasteiger partial charge in [-0.25, -0.2) is 0 Å². The van der Waals surface area contributed by atoms with Crippen molar-refractivity contribution in [1.82, 2.24) is 0 Å². The monoisotopic (exact) mass is 383 g/mol. The van der Waals surface area contributed by atoms with Gasteiger partial charge in [0.1, 0.15) is 28.9 Å². The number of benzene rings is 2. The first kappa shape index (κ1) is 18.5. The van der Waals surface area contributed by atoms with Gasteiger partial charge in [0.05, 0.1) is 11.0 Å². The maximum atomic E-state index is 12.3. The summed E-state index contributed by atoms with van der Waals surface area (Å²) in [6.45, 7) is 1.47. The lowest BCUT2D eigenvalue weighted by Crippen LogP contribution is -2.17. The van der Waals surface area contributed by atoms with E-state index < -0.39 is 28.8 Å². The predicted octanol–water partition coefficient (Wildman–Crippen LogP) is 5.09. The van der Waals surface area contributed by atoms with E-state index in [4.69, 9.17) is 9.15 Å². The fraction of sp³-hybridized carbons (Fsp3) is 0.176. The van der Waals surface area contributed by atoms with Crippen molar-refractivity contribution in [1.29, 1.82) is 0 Å². The molecule has 3 rings (SSSR count). The third-order valence-electron chi connectivity index (χ3n) is 3.49. The highest BCUT2D eigenvalue weighted by Crippen LogP contribution is 2.38. The number of rotatable bonds is 5. The minimum Gasteiger partial charge on any atom is -0.458 e. The van der Waals surface area contributed by atoms with Crippen molar-refractivity contribution in [3.63, 3.8) is 0 Å². The molecule has 2 aromatic carbocycles. The fourth-order valence-corrected chi connectivity index (χ4v) is 2.37. The average Bonchev–Trinajstić information content (AvgIpc) is 2.96. The van der Waals surface area contributed by atoms with Gasteiger partial charge in [0.2, 0.25) is 5.75 Å². The van der Waals surface area contributed by atoms with E-state index in [-0.39, 0.29) is 22.8 Å². The summed E-state index contributed by atoms with van der Waals surface area (Å²) in [5.41, 5.74) is -0.282. The molecule has 1 aromatic heterocycles. The SMILES string of the molecule is CC(O)c1cc2cc(Oc3cccc(OC(F)(F)F)c3)c([N+](=O)[O-])cc2o1. The highest BCUT2D eigenvalue weighted by Gasteiger charge is 2.31. The Bertz CT molecular complexity index is 996. The number of halogens is 3. The molecule has 1 heterocycles. The molecule has 0 radical (unpaired) electrons. The Labute approximate surface area is 149 Å². The highest BCUT2D eigenvalue weighted by molar-refractivity contribution is 5.83. The zero-order valence-electron chi connectivity index (χ0n) is 13.7. The molecule has 0 bridgehead atoms. The van der Waals surface area contributed by atoms with Crippen LogP contribution in [0, 0.1) is 10.1 Å². The molecule has 0 saturated heterocycles. The number of aliphatic hydroxyl groups excluding tert-OH is 1. The largest absolute Gasteiger partial charge is 0.573 e. The lowest BCUT2D eigenvalue weighted by atomic mass is 10.2. The van der Waals surface area contributed by atoms with Crippen molar-refractivity contribution in [2.75, 3.05) is 0 Å². The van der Waals surface area contributed by atoms with E-state index in [0.717, 1.165) is 18.2 Å². The van der Waals surface area contributed by atoms with Gasteiger partial charge in [0.15, 0.2) is 0 Å². The molecule has 1 N–H and O–H groups in total. The van der Waals surface area contributed by atoms with Gasteiger partial charge >= 0.3 is 12.0 Å². The van der Waals surface area contributed by atoms with Crippen molar-refractivity contribution in [3.05, 3.63) is 58.3 Å². The molecule has 0 amide bonds. The lowest BCUT2D eigenvalue weighted by Gasteiger charge is -2.11. The predicted molar refractivity (Wildman–Crippen MR) is 86.7 cm³/mol. The second kappa shape index (κ2) is 6.80. The van der Waals surface area contributed by atoms with Crippen LogP contribution in [-0.4, -0.2) is 16.4 Å². The molecule has 0 saturated carbocycles. The smallest absolute Gasteiger partial charge is 0.458 e. The first-order chi connectivity index (χ1) is 12.6. The van der Waals surface area contributed by atoms with Gasteiger partial charge < -0.3 is 19.0 Å². The summed E-state index contributed by atoms with van der Waals surface area (Å²) < 4.78 is 51.5. The van der Waals surface area contributed by atoms with E-state index in [9.17, 15) is 28.4 Å². The number of hydrogen-bond acceptors (Lipinski definition) is 6. The Balaban J connectivity index is 1.99. The second-order valence-electron chi connectivity index (χ2n) is 5.56. The molecule has 27 heavy (non-hydrogen) atoms. The zero-order valence-corrected chi connectivity index (χ0v) is 13.7. The Morgan fingerprint density at radius 2 is 1.89 bits per heavy atom. The number of furan rings is 1. The Morgan fingerprint density at radius 3 is 2.52 bits per heavy atom. The highest BCUT2D eigenvalue weighted by atomic mass is 19.4. The van der Waals surface area contributed by atoms with Crippen LogP contribution in [0.2, 0.25) is 0 Å². The van der Waals surface area contributed by atoms with Crippen LogP contribution in [-0.2, 0) is 0 Å².